The summed E-state index contributed by atoms with van der Waals surface area (Å²) in [6.07, 6.45) is 4.05. The van der Waals surface area contributed by atoms with Gasteiger partial charge in [0.25, 0.3) is 0 Å². The monoisotopic (exact) mass is 364 g/mol. The highest BCUT2D eigenvalue weighted by atomic mass is 16.2. The summed E-state index contributed by atoms with van der Waals surface area (Å²) < 4.78 is 3.76. The van der Waals surface area contributed by atoms with Crippen molar-refractivity contribution in [3.8, 4) is 11.4 Å². The second-order valence-electron chi connectivity index (χ2n) is 7.18. The molecule has 1 amide bonds. The summed E-state index contributed by atoms with van der Waals surface area (Å²) in [5.41, 5.74) is 0.999. The van der Waals surface area contributed by atoms with Crippen LogP contribution < -0.4 is 0 Å². The van der Waals surface area contributed by atoms with Crippen molar-refractivity contribution in [3.05, 3.63) is 54.6 Å². The number of nitrogens with zero attached hydrogens (tertiary/aromatic N) is 6. The van der Waals surface area contributed by atoms with Crippen LogP contribution in [0.15, 0.2) is 48.8 Å². The Morgan fingerprint density at radius 2 is 2.00 bits per heavy atom. The number of benzene rings is 1. The molecule has 0 N–H and O–H groups in total. The standard InChI is InChI=1S/C20H24N6O/c1-15(2)18-20-22-19(16-7-4-3-5-8-16)23-26(20)14-13-25(18)17(27)9-12-24-11-6-10-21-24/h3-8,10-11,15,18H,9,12-14H2,1-2H3/t18-/m0/s1. The van der Waals surface area contributed by atoms with Gasteiger partial charge in [0.2, 0.25) is 5.91 Å². The highest BCUT2D eigenvalue weighted by molar-refractivity contribution is 5.76. The van der Waals surface area contributed by atoms with Crippen molar-refractivity contribution in [2.45, 2.75) is 39.4 Å². The van der Waals surface area contributed by atoms with E-state index in [1.54, 1.807) is 10.9 Å². The number of amides is 1. The zero-order chi connectivity index (χ0) is 18.8. The van der Waals surface area contributed by atoms with E-state index in [0.29, 0.717) is 26.1 Å². The first kappa shape index (κ1) is 17.5. The summed E-state index contributed by atoms with van der Waals surface area (Å²) >= 11 is 0. The number of aryl methyl sites for hydroxylation is 1. The molecule has 0 saturated carbocycles. The molecule has 4 rings (SSSR count). The topological polar surface area (TPSA) is 68.8 Å². The lowest BCUT2D eigenvalue weighted by molar-refractivity contribution is -0.136. The van der Waals surface area contributed by atoms with Crippen molar-refractivity contribution in [2.75, 3.05) is 6.54 Å². The minimum absolute atomic E-state index is 0.0613. The second-order valence-corrected chi connectivity index (χ2v) is 7.18. The molecule has 3 heterocycles. The molecule has 140 valence electrons. The number of hydrogen-bond acceptors (Lipinski definition) is 4. The number of carbonyl (C=O) groups is 1. The fraction of sp³-hybridized carbons (Fsp3) is 0.400. The largest absolute Gasteiger partial charge is 0.330 e. The first-order valence-electron chi connectivity index (χ1n) is 9.40. The average molecular weight is 364 g/mol. The van der Waals surface area contributed by atoms with Gasteiger partial charge in [0.05, 0.1) is 12.6 Å². The molecule has 7 heteroatoms. The Kier molecular flexibility index (Phi) is 4.75. The number of aromatic nitrogens is 5. The van der Waals surface area contributed by atoms with Gasteiger partial charge in [-0.1, -0.05) is 44.2 Å². The van der Waals surface area contributed by atoms with E-state index in [0.717, 1.165) is 17.2 Å². The Balaban J connectivity index is 1.57. The maximum atomic E-state index is 12.9. The number of hydrogen-bond donors (Lipinski definition) is 0. The van der Waals surface area contributed by atoms with Gasteiger partial charge in [0, 0.05) is 37.5 Å². The van der Waals surface area contributed by atoms with E-state index in [9.17, 15) is 4.79 Å². The highest BCUT2D eigenvalue weighted by Gasteiger charge is 2.35. The van der Waals surface area contributed by atoms with Gasteiger partial charge in [0.15, 0.2) is 11.6 Å². The minimum Gasteiger partial charge on any atom is -0.330 e. The highest BCUT2D eigenvalue weighted by Crippen LogP contribution is 2.32. The van der Waals surface area contributed by atoms with Crippen molar-refractivity contribution in [1.29, 1.82) is 0 Å². The maximum absolute atomic E-state index is 12.9. The van der Waals surface area contributed by atoms with Gasteiger partial charge in [-0.3, -0.25) is 9.48 Å². The van der Waals surface area contributed by atoms with E-state index in [1.165, 1.54) is 0 Å². The van der Waals surface area contributed by atoms with Gasteiger partial charge in [-0.05, 0) is 12.0 Å². The van der Waals surface area contributed by atoms with Crippen LogP contribution in [0.2, 0.25) is 0 Å². The average Bonchev–Trinajstić information content (AvgIpc) is 3.35. The van der Waals surface area contributed by atoms with Crippen molar-refractivity contribution in [3.63, 3.8) is 0 Å². The third-order valence-electron chi connectivity index (χ3n) is 4.95. The van der Waals surface area contributed by atoms with Crippen LogP contribution in [0, 0.1) is 5.92 Å². The molecule has 0 fully saturated rings. The maximum Gasteiger partial charge on any atom is 0.225 e. The van der Waals surface area contributed by atoms with Crippen molar-refractivity contribution in [2.24, 2.45) is 5.92 Å². The van der Waals surface area contributed by atoms with E-state index in [4.69, 9.17) is 4.98 Å². The SMILES string of the molecule is CC(C)[C@H]1c2nc(-c3ccccc3)nn2CCN1C(=O)CCn1cccn1. The van der Waals surface area contributed by atoms with Crippen molar-refractivity contribution >= 4 is 5.91 Å². The lowest BCUT2D eigenvalue weighted by Gasteiger charge is -2.37. The van der Waals surface area contributed by atoms with Crippen molar-refractivity contribution < 1.29 is 4.79 Å². The number of rotatable bonds is 5. The molecule has 1 aromatic carbocycles. The van der Waals surface area contributed by atoms with Crippen LogP contribution in [0.5, 0.6) is 0 Å². The molecular formula is C20H24N6O. The molecule has 1 aliphatic rings. The van der Waals surface area contributed by atoms with E-state index < -0.39 is 0 Å². The second kappa shape index (κ2) is 7.34. The molecule has 0 bridgehead atoms. The van der Waals surface area contributed by atoms with E-state index in [-0.39, 0.29) is 17.9 Å². The first-order chi connectivity index (χ1) is 13.1. The lowest BCUT2D eigenvalue weighted by Crippen LogP contribution is -2.44. The Morgan fingerprint density at radius 1 is 1.19 bits per heavy atom. The van der Waals surface area contributed by atoms with Crippen LogP contribution in [0.1, 0.15) is 32.1 Å². The Morgan fingerprint density at radius 3 is 2.70 bits per heavy atom. The van der Waals surface area contributed by atoms with Gasteiger partial charge < -0.3 is 4.90 Å². The van der Waals surface area contributed by atoms with Gasteiger partial charge in [-0.25, -0.2) is 9.67 Å². The Bertz CT molecular complexity index is 900. The van der Waals surface area contributed by atoms with Crippen LogP contribution in [0.25, 0.3) is 11.4 Å². The van der Waals surface area contributed by atoms with E-state index >= 15 is 0 Å². The van der Waals surface area contributed by atoms with E-state index in [1.807, 2.05) is 52.2 Å². The molecule has 0 unspecified atom stereocenters. The summed E-state index contributed by atoms with van der Waals surface area (Å²) in [5.74, 6) is 2.00. The molecule has 7 nitrogen and oxygen atoms in total. The van der Waals surface area contributed by atoms with Crippen LogP contribution in [-0.4, -0.2) is 41.9 Å². The molecule has 3 aromatic rings. The van der Waals surface area contributed by atoms with Crippen LogP contribution in [-0.2, 0) is 17.9 Å². The first-order valence-corrected chi connectivity index (χ1v) is 9.40. The normalized spacial score (nSPS) is 16.6. The summed E-state index contributed by atoms with van der Waals surface area (Å²) in [5, 5.41) is 8.87. The predicted octanol–water partition coefficient (Wildman–Crippen LogP) is 2.77. The molecule has 1 aliphatic heterocycles. The summed E-state index contributed by atoms with van der Waals surface area (Å²) in [6.45, 7) is 6.18. The zero-order valence-corrected chi connectivity index (χ0v) is 15.7. The quantitative estimate of drug-likeness (QED) is 0.698. The summed E-state index contributed by atoms with van der Waals surface area (Å²) in [6, 6.07) is 11.8. The fourth-order valence-corrected chi connectivity index (χ4v) is 3.65. The third-order valence-corrected chi connectivity index (χ3v) is 4.95. The third kappa shape index (κ3) is 3.49. The molecule has 0 saturated heterocycles. The molecule has 27 heavy (non-hydrogen) atoms. The fourth-order valence-electron chi connectivity index (χ4n) is 3.65. The van der Waals surface area contributed by atoms with Crippen LogP contribution >= 0.6 is 0 Å². The summed E-state index contributed by atoms with van der Waals surface area (Å²) in [7, 11) is 0. The van der Waals surface area contributed by atoms with Crippen LogP contribution in [0.4, 0.5) is 0 Å². The molecule has 0 radical (unpaired) electrons. The molecule has 2 aromatic heterocycles. The minimum atomic E-state index is -0.0613. The van der Waals surface area contributed by atoms with Crippen molar-refractivity contribution in [1.82, 2.24) is 29.4 Å². The summed E-state index contributed by atoms with van der Waals surface area (Å²) in [4.78, 5) is 19.7. The van der Waals surface area contributed by atoms with Gasteiger partial charge in [-0.2, -0.15) is 10.2 Å². The smallest absolute Gasteiger partial charge is 0.225 e. The molecule has 1 atom stereocenters. The van der Waals surface area contributed by atoms with Gasteiger partial charge in [0.1, 0.15) is 0 Å². The predicted molar refractivity (Wildman–Crippen MR) is 102 cm³/mol. The van der Waals surface area contributed by atoms with Gasteiger partial charge >= 0.3 is 0 Å². The Hall–Kier alpha value is -2.96. The van der Waals surface area contributed by atoms with Crippen LogP contribution in [0.3, 0.4) is 0 Å². The Labute approximate surface area is 158 Å². The van der Waals surface area contributed by atoms with E-state index in [2.05, 4.69) is 24.0 Å². The molecule has 0 aliphatic carbocycles. The zero-order valence-electron chi connectivity index (χ0n) is 15.7. The number of carbonyl (C=O) groups excluding carboxylic acids is 1. The lowest BCUT2D eigenvalue weighted by atomic mass is 9.99. The molecular weight excluding hydrogens is 340 g/mol. The van der Waals surface area contributed by atoms with Gasteiger partial charge in [-0.15, -0.1) is 0 Å². The molecule has 0 spiro atoms. The number of fused-ring (bicyclic) bond motifs is 1.